The van der Waals surface area contributed by atoms with Crippen LogP contribution in [0.2, 0.25) is 0 Å². The number of rotatable bonds is 7. The van der Waals surface area contributed by atoms with Gasteiger partial charge in [-0.2, -0.15) is 5.10 Å². The number of hydrazone groups is 1. The molecule has 0 aliphatic rings. The van der Waals surface area contributed by atoms with Gasteiger partial charge >= 0.3 is 11.8 Å². The summed E-state index contributed by atoms with van der Waals surface area (Å²) in [7, 11) is 1.49. The van der Waals surface area contributed by atoms with Gasteiger partial charge in [-0.25, -0.2) is 5.43 Å². The van der Waals surface area contributed by atoms with Gasteiger partial charge in [0.2, 0.25) is 5.91 Å². The third kappa shape index (κ3) is 6.52. The van der Waals surface area contributed by atoms with Gasteiger partial charge in [0, 0.05) is 25.1 Å². The Labute approximate surface area is 157 Å². The number of fused-ring (bicyclic) bond motifs is 1. The molecule has 8 nitrogen and oxygen atoms in total. The number of hydrogen-bond donors (Lipinski definition) is 3. The minimum Gasteiger partial charge on any atom is -0.383 e. The minimum absolute atomic E-state index is 0.0155. The van der Waals surface area contributed by atoms with Crippen LogP contribution in [-0.2, 0) is 19.1 Å². The lowest BCUT2D eigenvalue weighted by atomic mass is 10.1. The van der Waals surface area contributed by atoms with Crippen molar-refractivity contribution in [2.75, 3.05) is 25.6 Å². The van der Waals surface area contributed by atoms with Crippen molar-refractivity contribution in [2.24, 2.45) is 5.10 Å². The molecule has 2 aromatic rings. The Morgan fingerprint density at radius 1 is 1.04 bits per heavy atom. The number of carbonyl (C=O) groups excluding carboxylic acids is 3. The highest BCUT2D eigenvalue weighted by molar-refractivity contribution is 6.35. The number of carbonyl (C=O) groups is 3. The Morgan fingerprint density at radius 3 is 2.52 bits per heavy atom. The van der Waals surface area contributed by atoms with Crippen molar-refractivity contribution in [1.82, 2.24) is 10.7 Å². The van der Waals surface area contributed by atoms with Crippen molar-refractivity contribution in [3.8, 4) is 0 Å². The van der Waals surface area contributed by atoms with E-state index >= 15 is 0 Å². The molecular weight excluding hydrogens is 348 g/mol. The summed E-state index contributed by atoms with van der Waals surface area (Å²) in [6.07, 6.45) is -0.0155. The van der Waals surface area contributed by atoms with Crippen molar-refractivity contribution in [1.29, 1.82) is 0 Å². The average Bonchev–Trinajstić information content (AvgIpc) is 2.66. The van der Waals surface area contributed by atoms with Crippen molar-refractivity contribution >= 4 is 39.9 Å². The first-order valence-electron chi connectivity index (χ1n) is 8.38. The number of nitrogens with one attached hydrogen (secondary N) is 3. The maximum absolute atomic E-state index is 12.1. The molecule has 0 saturated carbocycles. The van der Waals surface area contributed by atoms with Crippen LogP contribution >= 0.6 is 0 Å². The third-order valence-electron chi connectivity index (χ3n) is 3.60. The first-order chi connectivity index (χ1) is 13.0. The lowest BCUT2D eigenvalue weighted by molar-refractivity contribution is -0.139. The molecule has 0 radical (unpaired) electrons. The summed E-state index contributed by atoms with van der Waals surface area (Å²) in [5, 5.41) is 11.0. The van der Waals surface area contributed by atoms with Crippen LogP contribution in [0.15, 0.2) is 47.6 Å². The second-order valence-corrected chi connectivity index (χ2v) is 5.82. The highest BCUT2D eigenvalue weighted by Gasteiger charge is 2.12. The van der Waals surface area contributed by atoms with Crippen molar-refractivity contribution < 1.29 is 19.1 Å². The van der Waals surface area contributed by atoms with E-state index in [1.807, 2.05) is 42.5 Å². The van der Waals surface area contributed by atoms with Crippen LogP contribution in [0.1, 0.15) is 13.3 Å². The largest absolute Gasteiger partial charge is 0.383 e. The SMILES string of the molecule is COCCNC(=O)C(=O)NN=C(C)CC(=O)Nc1ccc2ccccc2c1. The molecule has 0 fully saturated rings. The number of nitrogens with zero attached hydrogens (tertiary/aromatic N) is 1. The van der Waals surface area contributed by atoms with Crippen molar-refractivity contribution in [3.63, 3.8) is 0 Å². The molecule has 3 amide bonds. The number of benzene rings is 2. The molecule has 0 bridgehead atoms. The van der Waals surface area contributed by atoms with Crippen LogP contribution in [0.5, 0.6) is 0 Å². The topological polar surface area (TPSA) is 109 Å². The summed E-state index contributed by atoms with van der Waals surface area (Å²) in [5.74, 6) is -1.99. The zero-order valence-corrected chi connectivity index (χ0v) is 15.2. The van der Waals surface area contributed by atoms with Gasteiger partial charge in [-0.05, 0) is 29.8 Å². The maximum Gasteiger partial charge on any atom is 0.329 e. The summed E-state index contributed by atoms with van der Waals surface area (Å²) < 4.78 is 4.77. The maximum atomic E-state index is 12.1. The third-order valence-corrected chi connectivity index (χ3v) is 3.60. The highest BCUT2D eigenvalue weighted by atomic mass is 16.5. The predicted molar refractivity (Wildman–Crippen MR) is 103 cm³/mol. The van der Waals surface area contributed by atoms with Gasteiger partial charge in [-0.15, -0.1) is 0 Å². The van der Waals surface area contributed by atoms with Crippen LogP contribution < -0.4 is 16.1 Å². The Kier molecular flexibility index (Phi) is 7.45. The van der Waals surface area contributed by atoms with E-state index in [0.29, 0.717) is 18.0 Å². The van der Waals surface area contributed by atoms with Crippen LogP contribution in [-0.4, -0.2) is 43.7 Å². The van der Waals surface area contributed by atoms with Gasteiger partial charge in [-0.1, -0.05) is 30.3 Å². The number of ether oxygens (including phenoxy) is 1. The van der Waals surface area contributed by atoms with Crippen molar-refractivity contribution in [3.05, 3.63) is 42.5 Å². The standard InChI is InChI=1S/C19H22N4O4/c1-13(22-23-19(26)18(25)20-9-10-27-2)11-17(24)21-16-8-7-14-5-3-4-6-15(14)12-16/h3-8,12H,9-11H2,1-2H3,(H,20,25)(H,21,24)(H,23,26). The molecule has 3 N–H and O–H groups in total. The average molecular weight is 370 g/mol. The Bertz CT molecular complexity index is 864. The normalized spacial score (nSPS) is 11.1. The van der Waals surface area contributed by atoms with E-state index in [9.17, 15) is 14.4 Å². The summed E-state index contributed by atoms with van der Waals surface area (Å²) in [6.45, 7) is 2.11. The van der Waals surface area contributed by atoms with E-state index in [-0.39, 0.29) is 18.9 Å². The second kappa shape index (κ2) is 10.0. The first kappa shape index (κ1) is 20.1. The number of hydrogen-bond acceptors (Lipinski definition) is 5. The van der Waals surface area contributed by atoms with E-state index in [1.54, 1.807) is 6.92 Å². The summed E-state index contributed by atoms with van der Waals surface area (Å²) >= 11 is 0. The molecule has 0 unspecified atom stereocenters. The zero-order valence-electron chi connectivity index (χ0n) is 15.2. The molecule has 0 spiro atoms. The van der Waals surface area contributed by atoms with Crippen LogP contribution in [0.25, 0.3) is 10.8 Å². The number of methoxy groups -OCH3 is 1. The van der Waals surface area contributed by atoms with Crippen LogP contribution in [0.3, 0.4) is 0 Å². The lowest BCUT2D eigenvalue weighted by Gasteiger charge is -2.07. The monoisotopic (exact) mass is 370 g/mol. The summed E-state index contributed by atoms with van der Waals surface area (Å²) in [5.41, 5.74) is 3.16. The molecule has 27 heavy (non-hydrogen) atoms. The van der Waals surface area contributed by atoms with Gasteiger partial charge in [0.1, 0.15) is 0 Å². The predicted octanol–water partition coefficient (Wildman–Crippen LogP) is 1.42. The fourth-order valence-corrected chi connectivity index (χ4v) is 2.29. The molecule has 0 aliphatic heterocycles. The van der Waals surface area contributed by atoms with Crippen LogP contribution in [0.4, 0.5) is 5.69 Å². The van der Waals surface area contributed by atoms with E-state index in [2.05, 4.69) is 21.2 Å². The highest BCUT2D eigenvalue weighted by Crippen LogP contribution is 2.18. The van der Waals surface area contributed by atoms with Gasteiger partial charge in [0.05, 0.1) is 13.0 Å². The molecule has 0 heterocycles. The number of amides is 3. The van der Waals surface area contributed by atoms with Gasteiger partial charge in [0.15, 0.2) is 0 Å². The van der Waals surface area contributed by atoms with Crippen molar-refractivity contribution in [2.45, 2.75) is 13.3 Å². The molecule has 2 aromatic carbocycles. The van der Waals surface area contributed by atoms with Gasteiger partial charge in [0.25, 0.3) is 0 Å². The summed E-state index contributed by atoms with van der Waals surface area (Å²) in [6, 6.07) is 13.5. The Hall–Kier alpha value is -3.26. The summed E-state index contributed by atoms with van der Waals surface area (Å²) in [4.78, 5) is 35.2. The first-order valence-corrected chi connectivity index (χ1v) is 8.38. The Balaban J connectivity index is 1.83. The Morgan fingerprint density at radius 2 is 1.78 bits per heavy atom. The quantitative estimate of drug-likeness (QED) is 0.296. The van der Waals surface area contributed by atoms with Gasteiger partial charge in [-0.3, -0.25) is 14.4 Å². The number of anilines is 1. The van der Waals surface area contributed by atoms with E-state index in [4.69, 9.17) is 4.74 Å². The molecule has 8 heteroatoms. The molecule has 142 valence electrons. The molecule has 0 aliphatic carbocycles. The fraction of sp³-hybridized carbons (Fsp3) is 0.263. The van der Waals surface area contributed by atoms with Crippen LogP contribution in [0, 0.1) is 0 Å². The zero-order chi connectivity index (χ0) is 19.6. The molecule has 2 rings (SSSR count). The smallest absolute Gasteiger partial charge is 0.329 e. The fourth-order valence-electron chi connectivity index (χ4n) is 2.29. The van der Waals surface area contributed by atoms with Gasteiger partial charge < -0.3 is 15.4 Å². The van der Waals surface area contributed by atoms with E-state index < -0.39 is 11.8 Å². The molecule has 0 saturated heterocycles. The van der Waals surface area contributed by atoms with E-state index in [1.165, 1.54) is 7.11 Å². The molecule has 0 atom stereocenters. The molecule has 0 aromatic heterocycles. The molecular formula is C19H22N4O4. The second-order valence-electron chi connectivity index (χ2n) is 5.82. The minimum atomic E-state index is -0.902. The lowest BCUT2D eigenvalue weighted by Crippen LogP contribution is -2.39. The van der Waals surface area contributed by atoms with E-state index in [0.717, 1.165) is 10.8 Å².